The minimum atomic E-state index is -0.727. The fraction of sp³-hybridized carbons (Fsp3) is 0.528. The number of hydrogen-bond acceptors (Lipinski definition) is 26. The number of carboxylic acids is 4. The molecule has 0 spiro atoms. The van der Waals surface area contributed by atoms with Crippen LogP contribution >= 0.6 is 92.8 Å². The first-order chi connectivity index (χ1) is 71.2. The van der Waals surface area contributed by atoms with E-state index in [1.807, 2.05) is 85.9 Å². The minimum Gasteiger partial charge on any atom is -0.481 e. The van der Waals surface area contributed by atoms with E-state index < -0.39 is 23.9 Å². The van der Waals surface area contributed by atoms with Gasteiger partial charge in [-0.2, -0.15) is 30.9 Å². The van der Waals surface area contributed by atoms with Crippen LogP contribution in [0.25, 0.3) is 44.7 Å². The Morgan fingerprint density at radius 3 is 0.912 bits per heavy atom. The summed E-state index contributed by atoms with van der Waals surface area (Å²) in [4.78, 5) is 101. The van der Waals surface area contributed by atoms with Gasteiger partial charge in [0, 0.05) is 144 Å². The van der Waals surface area contributed by atoms with E-state index in [0.717, 1.165) is 236 Å². The molecule has 8 saturated heterocycles. The van der Waals surface area contributed by atoms with E-state index in [-0.39, 0.29) is 60.2 Å². The predicted molar refractivity (Wildman–Crippen MR) is 573 cm³/mol. The molecule has 148 heavy (non-hydrogen) atoms. The second kappa shape index (κ2) is 45.8. The summed E-state index contributed by atoms with van der Waals surface area (Å²) < 4.78 is 7.25. The fourth-order valence-electron chi connectivity index (χ4n) is 23.6. The van der Waals surface area contributed by atoms with Crippen molar-refractivity contribution in [2.24, 2.45) is 59.2 Å². The van der Waals surface area contributed by atoms with Crippen LogP contribution in [0.4, 0.5) is 23.3 Å². The van der Waals surface area contributed by atoms with Gasteiger partial charge < -0.3 is 59.6 Å². The van der Waals surface area contributed by atoms with Crippen LogP contribution in [0.15, 0.2) is 97.6 Å². The Hall–Kier alpha value is -10.7. The third-order valence-electron chi connectivity index (χ3n) is 32.6. The van der Waals surface area contributed by atoms with Crippen molar-refractivity contribution in [1.29, 1.82) is 10.5 Å². The summed E-state index contributed by atoms with van der Waals surface area (Å²) in [6.45, 7) is 29.7. The maximum atomic E-state index is 11.2. The third kappa shape index (κ3) is 23.1. The van der Waals surface area contributed by atoms with E-state index in [4.69, 9.17) is 143 Å². The predicted octanol–water partition coefficient (Wildman–Crippen LogP) is 19.4. The molecule has 8 aromatic heterocycles. The summed E-state index contributed by atoms with van der Waals surface area (Å²) in [5, 5.41) is 78.6. The van der Waals surface area contributed by atoms with Crippen LogP contribution in [0.3, 0.4) is 0 Å². The van der Waals surface area contributed by atoms with E-state index >= 15 is 0 Å². The lowest BCUT2D eigenvalue weighted by molar-refractivity contribution is -0.148. The zero-order valence-corrected chi connectivity index (χ0v) is 89.6. The van der Waals surface area contributed by atoms with Crippen LogP contribution in [-0.2, 0) is 19.2 Å². The number of rotatable bonds is 28. The van der Waals surface area contributed by atoms with E-state index in [0.29, 0.717) is 135 Å². The molecule has 8 atom stereocenters. The number of anilines is 4. The van der Waals surface area contributed by atoms with Crippen LogP contribution in [-0.4, -0.2) is 273 Å². The molecule has 10 fully saturated rings. The minimum absolute atomic E-state index is 0.116. The number of halogens is 8. The standard InChI is InChI=1S/2C27H32Cl2N6O2.2C26H29Cl2N7O2/c2*1-15-25-26(35(32-15)16(2)22-6-5-20(28)10-23(22)29)31-24(11-30-25)34-13-19(14-34)17-4-3-7-33(12-17)21-8-18(9-21)27(36)37;2*1-16(20-7-6-19(27)10-21(20)28)35-26-25(22(11-29)32-35)30-12-23(31-26)34-14-18(15-34)17-4-2-8-33(13-17)9-3-5-24(36)37/h2*5-6,10-11,16-19,21H,3-4,7-9,12-14H2,1-2H3,(H,36,37);2*6-7,10,12,16-18H,2-5,8-9,13-15H2,1H3,(H,36,37)/t2*16-,17+,18?,21?;16-,17+;16-,17-/m1111/s1. The van der Waals surface area contributed by atoms with Crippen molar-refractivity contribution in [3.8, 4) is 12.1 Å². The summed E-state index contributed by atoms with van der Waals surface area (Å²) in [5.41, 5.74) is 10.9. The normalized spacial score (nSPS) is 22.6. The molecule has 0 unspecified atom stereocenters. The molecule has 42 heteroatoms. The highest BCUT2D eigenvalue weighted by atomic mass is 35.5. The van der Waals surface area contributed by atoms with Gasteiger partial charge in [0.15, 0.2) is 34.0 Å². The lowest BCUT2D eigenvalue weighted by atomic mass is 9.76. The molecule has 12 aromatic rings. The number of aryl methyl sites for hydroxylation is 2. The highest BCUT2D eigenvalue weighted by molar-refractivity contribution is 6.37. The van der Waals surface area contributed by atoms with Crippen molar-refractivity contribution in [3.05, 3.63) is 183 Å². The number of carbonyl (C=O) groups is 4. The maximum Gasteiger partial charge on any atom is 0.306 e. The molecule has 0 bridgehead atoms. The molecule has 4 aromatic carbocycles. The topological polar surface area (TPSA) is 397 Å². The van der Waals surface area contributed by atoms with Crippen LogP contribution in [0, 0.1) is 95.7 Å². The first kappa shape index (κ1) is 106. The molecule has 10 aliphatic rings. The number of likely N-dealkylation sites (tertiary alicyclic amines) is 4. The molecule has 0 radical (unpaired) electrons. The van der Waals surface area contributed by atoms with Gasteiger partial charge in [0.1, 0.15) is 57.5 Å². The summed E-state index contributed by atoms with van der Waals surface area (Å²) in [5.74, 6) is 5.24. The van der Waals surface area contributed by atoms with Crippen LogP contribution in [0.2, 0.25) is 40.2 Å². The number of piperidine rings is 4. The summed E-state index contributed by atoms with van der Waals surface area (Å²) in [7, 11) is 0. The smallest absolute Gasteiger partial charge is 0.306 e. The van der Waals surface area contributed by atoms with Crippen molar-refractivity contribution < 1.29 is 39.6 Å². The number of aliphatic carboxylic acids is 4. The summed E-state index contributed by atoms with van der Waals surface area (Å²) in [6, 6.07) is 26.2. The zero-order chi connectivity index (χ0) is 104. The van der Waals surface area contributed by atoms with Crippen LogP contribution in [0.5, 0.6) is 0 Å². The van der Waals surface area contributed by atoms with Gasteiger partial charge in [0.2, 0.25) is 0 Å². The molecule has 8 aliphatic heterocycles. The maximum absolute atomic E-state index is 11.2. The molecule has 2 aliphatic carbocycles. The Bertz CT molecular complexity index is 6590. The van der Waals surface area contributed by atoms with Gasteiger partial charge in [0.25, 0.3) is 0 Å². The van der Waals surface area contributed by atoms with E-state index in [2.05, 4.69) is 85.4 Å². The average Bonchev–Trinajstić information content (AvgIpc) is 1.71. The van der Waals surface area contributed by atoms with E-state index in [1.54, 1.807) is 58.2 Å². The average molecular weight is 2170 g/mol. The highest BCUT2D eigenvalue weighted by Crippen LogP contribution is 2.46. The van der Waals surface area contributed by atoms with Crippen LogP contribution < -0.4 is 19.6 Å². The quantitative estimate of drug-likeness (QED) is 0.0354. The molecule has 16 heterocycles. The van der Waals surface area contributed by atoms with Crippen molar-refractivity contribution >= 4 is 185 Å². The van der Waals surface area contributed by atoms with Gasteiger partial charge in [-0.05, 0) is 289 Å². The van der Waals surface area contributed by atoms with Gasteiger partial charge in [-0.25, -0.2) is 58.6 Å². The number of aromatic nitrogens is 16. The Morgan fingerprint density at radius 1 is 0.365 bits per heavy atom. The van der Waals surface area contributed by atoms with Gasteiger partial charge in [-0.15, -0.1) is 0 Å². The van der Waals surface area contributed by atoms with Gasteiger partial charge in [-0.1, -0.05) is 117 Å². The Morgan fingerprint density at radius 2 is 0.635 bits per heavy atom. The molecule has 780 valence electrons. The first-order valence-electron chi connectivity index (χ1n) is 51.6. The van der Waals surface area contributed by atoms with E-state index in [9.17, 15) is 39.9 Å². The van der Waals surface area contributed by atoms with Gasteiger partial charge in [-0.3, -0.25) is 19.2 Å². The molecule has 34 nitrogen and oxygen atoms in total. The van der Waals surface area contributed by atoms with Crippen molar-refractivity contribution in [2.45, 2.75) is 181 Å². The third-order valence-corrected chi connectivity index (χ3v) is 34.8. The molecule has 22 rings (SSSR count). The second-order valence-corrected chi connectivity index (χ2v) is 45.4. The zero-order valence-electron chi connectivity index (χ0n) is 83.6. The Balaban J connectivity index is 0.000000124. The molecule has 0 amide bonds. The first-order valence-corrected chi connectivity index (χ1v) is 54.6. The number of carboxylic acid groups (broad SMARTS) is 4. The highest BCUT2D eigenvalue weighted by Gasteiger charge is 2.47. The number of nitrogens with zero attached hydrogens (tertiary/aromatic N) is 26. The number of nitriles is 2. The monoisotopic (exact) mass is 2170 g/mol. The Kier molecular flexibility index (Phi) is 32.8. The Labute approximate surface area is 898 Å². The second-order valence-electron chi connectivity index (χ2n) is 42.0. The van der Waals surface area contributed by atoms with Crippen molar-refractivity contribution in [2.75, 3.05) is 137 Å². The lowest BCUT2D eigenvalue weighted by Crippen LogP contribution is -2.56. The summed E-state index contributed by atoms with van der Waals surface area (Å²) in [6.07, 6.45) is 21.9. The molecule has 4 N–H and O–H groups in total. The van der Waals surface area contributed by atoms with Crippen molar-refractivity contribution in [3.63, 3.8) is 0 Å². The fourth-order valence-corrected chi connectivity index (χ4v) is 25.8. The van der Waals surface area contributed by atoms with Crippen LogP contribution in [0.1, 0.15) is 200 Å². The van der Waals surface area contributed by atoms with E-state index in [1.165, 1.54) is 38.5 Å². The van der Waals surface area contributed by atoms with Crippen molar-refractivity contribution in [1.82, 2.24) is 98.6 Å². The SMILES string of the molecule is C[C@H](c1ccc(Cl)cc1Cl)n1nc(C#N)c2ncc(N3CC([C@@H]4CCCN(CCCC(=O)O)C4)C3)nc21.C[C@H](c1ccc(Cl)cc1Cl)n1nc(C#N)c2ncc(N3CC([C@H]4CCCN(CCCC(=O)O)C4)C3)nc21.Cc1nn([C@H](C)c2ccc(Cl)cc2Cl)c2nc(N3CC([C@H]4CCCN(C5CC(C(=O)O)C5)C4)C3)cnc12.Cc1nn([C@H](C)c2ccc(Cl)cc2Cl)c2nc(N3CC([C@H]4CCCN(C5CC(C(=O)O)C5)C4)C3)cnc12. The lowest BCUT2D eigenvalue weighted by Gasteiger charge is -2.50. The molecular formula is C106H122Cl8N26O8. The van der Waals surface area contributed by atoms with Gasteiger partial charge in [0.05, 0.1) is 72.2 Å². The summed E-state index contributed by atoms with van der Waals surface area (Å²) >= 11 is 50.3. The number of benzene rings is 4. The molecular weight excluding hydrogens is 2050 g/mol. The number of fused-ring (bicyclic) bond motifs is 4. The number of hydrogen-bond donors (Lipinski definition) is 4. The largest absolute Gasteiger partial charge is 0.481 e. The van der Waals surface area contributed by atoms with Gasteiger partial charge >= 0.3 is 23.9 Å². The molecule has 2 saturated carbocycles.